The normalized spacial score (nSPS) is 21.1. The molecule has 3 aromatic carbocycles. The molecule has 162 valence electrons. The average molecular weight is 452 g/mol. The van der Waals surface area contributed by atoms with Gasteiger partial charge in [0, 0.05) is 23.1 Å². The smallest absolute Gasteiger partial charge is 0.257 e. The Morgan fingerprint density at radius 2 is 1.79 bits per heavy atom. The number of anilines is 2. The van der Waals surface area contributed by atoms with Gasteiger partial charge in [-0.05, 0) is 77.6 Å². The number of benzene rings is 3. The van der Waals surface area contributed by atoms with E-state index < -0.39 is 0 Å². The highest BCUT2D eigenvalue weighted by Crippen LogP contribution is 2.65. The lowest BCUT2D eigenvalue weighted by molar-refractivity contribution is -0.0273. The summed E-state index contributed by atoms with van der Waals surface area (Å²) in [5, 5.41) is 9.87. The Labute approximate surface area is 196 Å². The molecular weight excluding hydrogens is 430 g/mol. The van der Waals surface area contributed by atoms with Crippen molar-refractivity contribution >= 4 is 39.8 Å². The molecule has 0 amide bonds. The van der Waals surface area contributed by atoms with Crippen molar-refractivity contribution in [3.05, 3.63) is 83.6 Å². The summed E-state index contributed by atoms with van der Waals surface area (Å²) < 4.78 is 1.86. The highest BCUT2D eigenvalue weighted by atomic mass is 35.5. The number of fused-ring (bicyclic) bond motifs is 3. The van der Waals surface area contributed by atoms with E-state index in [1.165, 1.54) is 36.0 Å². The standard InChI is InChI=1S/C27H22ClN5/c1-32(25-23-10-9-21(28)12-24(23)33-16-29-31-26(33)30-25)22-4-2-3-19(11-22)18-5-7-20(8-6-18)27-13-17(14-27)15-27/h2-12,16-17H,13-15H2,1H3. The first-order chi connectivity index (χ1) is 16.1. The highest BCUT2D eigenvalue weighted by molar-refractivity contribution is 6.31. The first-order valence-electron chi connectivity index (χ1n) is 11.3. The van der Waals surface area contributed by atoms with Crippen molar-refractivity contribution in [1.82, 2.24) is 19.6 Å². The Balaban J connectivity index is 1.28. The minimum Gasteiger partial charge on any atom is -0.329 e. The highest BCUT2D eigenvalue weighted by Gasteiger charge is 2.57. The van der Waals surface area contributed by atoms with Crippen molar-refractivity contribution in [3.8, 4) is 11.1 Å². The van der Waals surface area contributed by atoms with Crippen LogP contribution in [0.3, 0.4) is 0 Å². The monoisotopic (exact) mass is 451 g/mol. The van der Waals surface area contributed by atoms with Gasteiger partial charge in [0.05, 0.1) is 5.52 Å². The Morgan fingerprint density at radius 3 is 2.55 bits per heavy atom. The van der Waals surface area contributed by atoms with Crippen LogP contribution in [-0.4, -0.2) is 26.6 Å². The summed E-state index contributed by atoms with van der Waals surface area (Å²) in [5.74, 6) is 2.36. The molecule has 0 N–H and O–H groups in total. The summed E-state index contributed by atoms with van der Waals surface area (Å²) in [6.45, 7) is 0. The van der Waals surface area contributed by atoms with Gasteiger partial charge in [0.1, 0.15) is 12.1 Å². The second-order valence-corrected chi connectivity index (χ2v) is 9.98. The van der Waals surface area contributed by atoms with Gasteiger partial charge < -0.3 is 4.90 Å². The quantitative estimate of drug-likeness (QED) is 0.316. The Morgan fingerprint density at radius 1 is 0.970 bits per heavy atom. The fourth-order valence-electron chi connectivity index (χ4n) is 5.64. The van der Waals surface area contributed by atoms with Crippen LogP contribution in [0.1, 0.15) is 24.8 Å². The number of rotatable bonds is 4. The Hall–Kier alpha value is -3.44. The second-order valence-electron chi connectivity index (χ2n) is 9.54. The molecule has 6 heteroatoms. The molecule has 0 spiro atoms. The van der Waals surface area contributed by atoms with Gasteiger partial charge >= 0.3 is 0 Å². The zero-order chi connectivity index (χ0) is 22.2. The predicted molar refractivity (Wildman–Crippen MR) is 132 cm³/mol. The number of hydrogen-bond donors (Lipinski definition) is 0. The topological polar surface area (TPSA) is 46.3 Å². The largest absolute Gasteiger partial charge is 0.329 e. The Bertz CT molecular complexity index is 1520. The molecule has 5 nitrogen and oxygen atoms in total. The van der Waals surface area contributed by atoms with Crippen LogP contribution in [-0.2, 0) is 5.41 Å². The first-order valence-corrected chi connectivity index (χ1v) is 11.7. The van der Waals surface area contributed by atoms with Crippen molar-refractivity contribution in [2.75, 3.05) is 11.9 Å². The molecule has 3 aliphatic carbocycles. The zero-order valence-corrected chi connectivity index (χ0v) is 19.0. The minimum absolute atomic E-state index is 0.501. The van der Waals surface area contributed by atoms with Crippen molar-refractivity contribution in [2.45, 2.75) is 24.7 Å². The summed E-state index contributed by atoms with van der Waals surface area (Å²) in [7, 11) is 2.04. The summed E-state index contributed by atoms with van der Waals surface area (Å²) in [4.78, 5) is 6.90. The van der Waals surface area contributed by atoms with Crippen LogP contribution in [0, 0.1) is 5.92 Å². The first kappa shape index (κ1) is 19.1. The molecule has 8 rings (SSSR count). The second kappa shape index (κ2) is 6.78. The van der Waals surface area contributed by atoms with Crippen molar-refractivity contribution in [2.24, 2.45) is 5.92 Å². The van der Waals surface area contributed by atoms with Gasteiger partial charge in [-0.1, -0.05) is 48.0 Å². The zero-order valence-electron chi connectivity index (χ0n) is 18.2. The molecule has 0 atom stereocenters. The third kappa shape index (κ3) is 2.82. The van der Waals surface area contributed by atoms with Gasteiger partial charge in [-0.2, -0.15) is 4.98 Å². The van der Waals surface area contributed by atoms with Gasteiger partial charge in [-0.3, -0.25) is 4.40 Å². The Kier molecular flexibility index (Phi) is 3.92. The third-order valence-corrected chi connectivity index (χ3v) is 7.85. The molecular formula is C27H22ClN5. The van der Waals surface area contributed by atoms with Crippen molar-refractivity contribution in [1.29, 1.82) is 0 Å². The van der Waals surface area contributed by atoms with E-state index in [1.54, 1.807) is 6.33 Å². The summed E-state index contributed by atoms with van der Waals surface area (Å²) in [6.07, 6.45) is 5.82. The van der Waals surface area contributed by atoms with Crippen molar-refractivity contribution in [3.63, 3.8) is 0 Å². The molecule has 3 saturated carbocycles. The summed E-state index contributed by atoms with van der Waals surface area (Å²) in [5.41, 5.74) is 6.43. The SMILES string of the molecule is CN(c1cccc(-c2ccc(C34CC(C3)C4)cc2)c1)c1nc2nncn2c2cc(Cl)ccc12. The van der Waals surface area contributed by atoms with Crippen molar-refractivity contribution < 1.29 is 0 Å². The molecule has 33 heavy (non-hydrogen) atoms. The van der Waals surface area contributed by atoms with Crippen LogP contribution in [0.2, 0.25) is 5.02 Å². The number of nitrogens with zero attached hydrogens (tertiary/aromatic N) is 5. The van der Waals surface area contributed by atoms with Crippen LogP contribution in [0.25, 0.3) is 27.8 Å². The van der Waals surface area contributed by atoms with Gasteiger partial charge in [0.15, 0.2) is 0 Å². The van der Waals surface area contributed by atoms with Crippen LogP contribution in [0.5, 0.6) is 0 Å². The van der Waals surface area contributed by atoms with Gasteiger partial charge in [-0.25, -0.2) is 0 Å². The molecule has 2 bridgehead atoms. The van der Waals surface area contributed by atoms with Gasteiger partial charge in [0.2, 0.25) is 0 Å². The molecule has 0 radical (unpaired) electrons. The van der Waals surface area contributed by atoms with Gasteiger partial charge in [0.25, 0.3) is 5.78 Å². The minimum atomic E-state index is 0.501. The summed E-state index contributed by atoms with van der Waals surface area (Å²) >= 11 is 6.29. The predicted octanol–water partition coefficient (Wildman–Crippen LogP) is 6.42. The molecule has 2 aromatic heterocycles. The number of hydrogen-bond acceptors (Lipinski definition) is 4. The maximum Gasteiger partial charge on any atom is 0.257 e. The van der Waals surface area contributed by atoms with E-state index in [-0.39, 0.29) is 0 Å². The van der Waals surface area contributed by atoms with Crippen LogP contribution < -0.4 is 4.90 Å². The maximum atomic E-state index is 6.29. The van der Waals surface area contributed by atoms with E-state index in [9.17, 15) is 0 Å². The van der Waals surface area contributed by atoms with E-state index in [0.29, 0.717) is 16.2 Å². The molecule has 5 aromatic rings. The fourth-order valence-corrected chi connectivity index (χ4v) is 5.81. The van der Waals surface area contributed by atoms with Gasteiger partial charge in [-0.15, -0.1) is 10.2 Å². The van der Waals surface area contributed by atoms with E-state index in [4.69, 9.17) is 16.6 Å². The lowest BCUT2D eigenvalue weighted by Crippen LogP contribution is -2.55. The lowest BCUT2D eigenvalue weighted by atomic mass is 9.42. The lowest BCUT2D eigenvalue weighted by Gasteiger charge is -2.62. The maximum absolute atomic E-state index is 6.29. The van der Waals surface area contributed by atoms with Crippen LogP contribution in [0.4, 0.5) is 11.5 Å². The van der Waals surface area contributed by atoms with E-state index >= 15 is 0 Å². The molecule has 2 heterocycles. The van der Waals surface area contributed by atoms with E-state index in [2.05, 4.69) is 63.6 Å². The number of aromatic nitrogens is 4. The number of halogens is 1. The summed E-state index contributed by atoms with van der Waals surface area (Å²) in [6, 6.07) is 23.6. The van der Waals surface area contributed by atoms with Crippen LogP contribution in [0.15, 0.2) is 73.1 Å². The third-order valence-electron chi connectivity index (χ3n) is 7.62. The molecule has 3 fully saturated rings. The van der Waals surface area contributed by atoms with Crippen LogP contribution >= 0.6 is 11.6 Å². The molecule has 0 saturated heterocycles. The molecule has 0 unspecified atom stereocenters. The fraction of sp³-hybridized carbons (Fsp3) is 0.222. The average Bonchev–Trinajstić information content (AvgIpc) is 3.26. The molecule has 3 aliphatic rings. The van der Waals surface area contributed by atoms with E-state index in [1.807, 2.05) is 29.6 Å². The molecule has 0 aliphatic heterocycles. The van der Waals surface area contributed by atoms with E-state index in [0.717, 1.165) is 28.3 Å².